The van der Waals surface area contributed by atoms with Crippen LogP contribution in [0.25, 0.3) is 0 Å². The van der Waals surface area contributed by atoms with E-state index in [0.717, 1.165) is 19.3 Å². The van der Waals surface area contributed by atoms with E-state index >= 15 is 0 Å². The minimum absolute atomic E-state index is 0.216. The number of nitrogens with two attached hydrogens (primary N) is 2. The lowest BCUT2D eigenvalue weighted by Crippen LogP contribution is -2.56. The normalized spacial score (nSPS) is 45.0. The Bertz CT molecular complexity index is 103. The molecule has 1 saturated carbocycles. The molecular weight excluding hydrogens is 116 g/mol. The molecule has 1 aliphatic rings. The van der Waals surface area contributed by atoms with E-state index in [-0.39, 0.29) is 6.04 Å². The quantitative estimate of drug-likeness (QED) is 0.388. The lowest BCUT2D eigenvalue weighted by Gasteiger charge is -2.33. The predicted octanol–water partition coefficient (Wildman–Crippen LogP) is -0.465. The van der Waals surface area contributed by atoms with Crippen molar-refractivity contribution in [2.45, 2.75) is 37.5 Å². The third-order valence-electron chi connectivity index (χ3n) is 1.98. The van der Waals surface area contributed by atoms with Crippen LogP contribution in [-0.2, 0) is 0 Å². The van der Waals surface area contributed by atoms with Gasteiger partial charge < -0.3 is 16.6 Å². The SMILES string of the molecule is N[C@@H]1CCCC[C@]1(N)O. The van der Waals surface area contributed by atoms with Crippen LogP contribution in [0.15, 0.2) is 0 Å². The lowest BCUT2D eigenvalue weighted by molar-refractivity contribution is -0.00820. The summed E-state index contributed by atoms with van der Waals surface area (Å²) in [4.78, 5) is 0. The van der Waals surface area contributed by atoms with Crippen molar-refractivity contribution in [2.24, 2.45) is 11.5 Å². The van der Waals surface area contributed by atoms with E-state index in [1.165, 1.54) is 0 Å². The minimum atomic E-state index is -1.09. The summed E-state index contributed by atoms with van der Waals surface area (Å²) in [5.41, 5.74) is 9.90. The molecule has 0 aliphatic heterocycles. The van der Waals surface area contributed by atoms with Gasteiger partial charge in [-0.25, -0.2) is 0 Å². The molecule has 9 heavy (non-hydrogen) atoms. The first kappa shape index (κ1) is 6.99. The Morgan fingerprint density at radius 2 is 2.11 bits per heavy atom. The van der Waals surface area contributed by atoms with Crippen LogP contribution >= 0.6 is 0 Å². The summed E-state index contributed by atoms with van der Waals surface area (Å²) in [5, 5.41) is 9.30. The van der Waals surface area contributed by atoms with E-state index in [4.69, 9.17) is 11.5 Å². The first-order valence-corrected chi connectivity index (χ1v) is 3.40. The van der Waals surface area contributed by atoms with Crippen molar-refractivity contribution in [1.29, 1.82) is 0 Å². The molecule has 0 heterocycles. The van der Waals surface area contributed by atoms with Gasteiger partial charge in [0.05, 0.1) is 0 Å². The van der Waals surface area contributed by atoms with Crippen LogP contribution in [0.1, 0.15) is 25.7 Å². The van der Waals surface area contributed by atoms with Gasteiger partial charge >= 0.3 is 0 Å². The van der Waals surface area contributed by atoms with E-state index < -0.39 is 5.72 Å². The largest absolute Gasteiger partial charge is 0.374 e. The summed E-state index contributed by atoms with van der Waals surface area (Å²) in [7, 11) is 0. The molecule has 0 bridgehead atoms. The molecule has 1 aliphatic carbocycles. The maximum atomic E-state index is 9.30. The Labute approximate surface area is 55.0 Å². The Kier molecular flexibility index (Phi) is 1.75. The van der Waals surface area contributed by atoms with Gasteiger partial charge in [0.2, 0.25) is 0 Å². The van der Waals surface area contributed by atoms with Gasteiger partial charge in [-0.2, -0.15) is 0 Å². The maximum absolute atomic E-state index is 9.30. The fourth-order valence-corrected chi connectivity index (χ4v) is 1.21. The van der Waals surface area contributed by atoms with E-state index in [0.29, 0.717) is 6.42 Å². The average molecular weight is 130 g/mol. The number of rotatable bonds is 0. The third-order valence-corrected chi connectivity index (χ3v) is 1.98. The second-order valence-corrected chi connectivity index (χ2v) is 2.84. The van der Waals surface area contributed by atoms with E-state index in [9.17, 15) is 5.11 Å². The van der Waals surface area contributed by atoms with Crippen LogP contribution in [0, 0.1) is 0 Å². The van der Waals surface area contributed by atoms with Crippen LogP contribution in [-0.4, -0.2) is 16.9 Å². The molecule has 0 unspecified atom stereocenters. The monoisotopic (exact) mass is 130 g/mol. The highest BCUT2D eigenvalue weighted by atomic mass is 16.3. The zero-order valence-corrected chi connectivity index (χ0v) is 5.51. The lowest BCUT2D eigenvalue weighted by atomic mass is 9.88. The van der Waals surface area contributed by atoms with Crippen LogP contribution in [0.3, 0.4) is 0 Å². The summed E-state index contributed by atoms with van der Waals surface area (Å²) in [6, 6.07) is -0.216. The maximum Gasteiger partial charge on any atom is 0.128 e. The Morgan fingerprint density at radius 1 is 1.44 bits per heavy atom. The van der Waals surface area contributed by atoms with Crippen molar-refractivity contribution in [3.8, 4) is 0 Å². The minimum Gasteiger partial charge on any atom is -0.374 e. The summed E-state index contributed by atoms with van der Waals surface area (Å²) in [6.07, 6.45) is 3.60. The topological polar surface area (TPSA) is 72.3 Å². The first-order chi connectivity index (χ1) is 4.13. The zero-order valence-electron chi connectivity index (χ0n) is 5.51. The average Bonchev–Trinajstić information content (AvgIpc) is 1.77. The summed E-state index contributed by atoms with van der Waals surface area (Å²) < 4.78 is 0. The number of aliphatic hydroxyl groups is 1. The Balaban J connectivity index is 2.49. The van der Waals surface area contributed by atoms with Crippen LogP contribution in [0.5, 0.6) is 0 Å². The molecule has 54 valence electrons. The molecule has 1 fully saturated rings. The molecule has 0 aromatic rings. The molecule has 0 aromatic carbocycles. The molecular formula is C6H14N2O. The van der Waals surface area contributed by atoms with Gasteiger partial charge in [-0.1, -0.05) is 6.42 Å². The first-order valence-electron chi connectivity index (χ1n) is 3.40. The van der Waals surface area contributed by atoms with Gasteiger partial charge in [0.25, 0.3) is 0 Å². The van der Waals surface area contributed by atoms with Gasteiger partial charge in [0.1, 0.15) is 5.72 Å². The van der Waals surface area contributed by atoms with Gasteiger partial charge in [-0.05, 0) is 19.3 Å². The highest BCUT2D eigenvalue weighted by Crippen LogP contribution is 2.21. The second kappa shape index (κ2) is 2.25. The Morgan fingerprint density at radius 3 is 2.44 bits per heavy atom. The van der Waals surface area contributed by atoms with Gasteiger partial charge in [-0.15, -0.1) is 0 Å². The number of hydrogen-bond donors (Lipinski definition) is 3. The zero-order chi connectivity index (χ0) is 6.91. The predicted molar refractivity (Wildman–Crippen MR) is 35.6 cm³/mol. The van der Waals surface area contributed by atoms with E-state index in [2.05, 4.69) is 0 Å². The molecule has 0 radical (unpaired) electrons. The molecule has 3 heteroatoms. The van der Waals surface area contributed by atoms with E-state index in [1.807, 2.05) is 0 Å². The molecule has 0 amide bonds. The Hall–Kier alpha value is -0.120. The highest BCUT2D eigenvalue weighted by molar-refractivity contribution is 4.87. The standard InChI is InChI=1S/C6H14N2O/c7-5-3-1-2-4-6(5,8)9/h5,9H,1-4,7-8H2/t5-,6+/m1/s1. The van der Waals surface area contributed by atoms with Gasteiger partial charge in [0.15, 0.2) is 0 Å². The summed E-state index contributed by atoms with van der Waals surface area (Å²) in [5.74, 6) is 0. The van der Waals surface area contributed by atoms with Crippen molar-refractivity contribution in [1.82, 2.24) is 0 Å². The highest BCUT2D eigenvalue weighted by Gasteiger charge is 2.31. The van der Waals surface area contributed by atoms with Gasteiger partial charge in [0, 0.05) is 6.04 Å². The fourth-order valence-electron chi connectivity index (χ4n) is 1.21. The van der Waals surface area contributed by atoms with E-state index in [1.54, 1.807) is 0 Å². The van der Waals surface area contributed by atoms with Gasteiger partial charge in [-0.3, -0.25) is 0 Å². The number of hydrogen-bond acceptors (Lipinski definition) is 3. The summed E-state index contributed by atoms with van der Waals surface area (Å²) in [6.45, 7) is 0. The van der Waals surface area contributed by atoms with Crippen molar-refractivity contribution >= 4 is 0 Å². The molecule has 0 saturated heterocycles. The molecule has 5 N–H and O–H groups in total. The fraction of sp³-hybridized carbons (Fsp3) is 1.00. The molecule has 2 atom stereocenters. The van der Waals surface area contributed by atoms with Crippen LogP contribution < -0.4 is 11.5 Å². The van der Waals surface area contributed by atoms with Crippen LogP contribution in [0.2, 0.25) is 0 Å². The van der Waals surface area contributed by atoms with Crippen molar-refractivity contribution in [2.75, 3.05) is 0 Å². The second-order valence-electron chi connectivity index (χ2n) is 2.84. The third kappa shape index (κ3) is 1.41. The molecule has 0 aromatic heterocycles. The molecule has 1 rings (SSSR count). The molecule has 0 spiro atoms. The van der Waals surface area contributed by atoms with Crippen molar-refractivity contribution in [3.63, 3.8) is 0 Å². The summed E-state index contributed by atoms with van der Waals surface area (Å²) >= 11 is 0. The van der Waals surface area contributed by atoms with Crippen molar-refractivity contribution < 1.29 is 5.11 Å². The molecule has 3 nitrogen and oxygen atoms in total. The van der Waals surface area contributed by atoms with Crippen molar-refractivity contribution in [3.05, 3.63) is 0 Å². The smallest absolute Gasteiger partial charge is 0.128 e. The van der Waals surface area contributed by atoms with Crippen LogP contribution in [0.4, 0.5) is 0 Å².